The number of hydrogen-bond acceptors (Lipinski definition) is 6. The Hall–Kier alpha value is -3.03. The van der Waals surface area contributed by atoms with Crippen molar-refractivity contribution in [2.45, 2.75) is 57.8 Å². The normalized spacial score (nSPS) is 17.6. The first kappa shape index (κ1) is 24.6. The zero-order valence-electron chi connectivity index (χ0n) is 19.2. The zero-order chi connectivity index (χ0) is 23.6. The van der Waals surface area contributed by atoms with Gasteiger partial charge in [-0.3, -0.25) is 24.6 Å². The zero-order valence-corrected chi connectivity index (χ0v) is 19.2. The van der Waals surface area contributed by atoms with Gasteiger partial charge in [-0.1, -0.05) is 48.5 Å². The number of para-hydroxylation sites is 1. The predicted molar refractivity (Wildman–Crippen MR) is 126 cm³/mol. The highest BCUT2D eigenvalue weighted by Gasteiger charge is 2.37. The van der Waals surface area contributed by atoms with Crippen LogP contribution in [-0.4, -0.2) is 49.7 Å². The van der Waals surface area contributed by atoms with Crippen LogP contribution in [0, 0.1) is 0 Å². The summed E-state index contributed by atoms with van der Waals surface area (Å²) < 4.78 is 10.9. The fourth-order valence-electron chi connectivity index (χ4n) is 4.14. The number of carbonyl (C=O) groups is 3. The van der Waals surface area contributed by atoms with Gasteiger partial charge in [-0.25, -0.2) is 0 Å². The van der Waals surface area contributed by atoms with Crippen LogP contribution in [0.4, 0.5) is 5.69 Å². The molecular formula is C26H32N2O5. The maximum atomic E-state index is 13.6. The Balaban J connectivity index is 1.85. The molecule has 0 aliphatic carbocycles. The van der Waals surface area contributed by atoms with E-state index in [0.717, 1.165) is 11.1 Å². The molecule has 0 saturated heterocycles. The lowest BCUT2D eigenvalue weighted by Crippen LogP contribution is -2.55. The molecule has 2 aromatic carbocycles. The minimum absolute atomic E-state index is 0.260. The van der Waals surface area contributed by atoms with Crippen molar-refractivity contribution in [3.05, 3.63) is 65.7 Å². The number of anilines is 1. The lowest BCUT2D eigenvalue weighted by atomic mass is 10.0. The van der Waals surface area contributed by atoms with Crippen molar-refractivity contribution in [1.29, 1.82) is 0 Å². The van der Waals surface area contributed by atoms with Crippen molar-refractivity contribution in [3.63, 3.8) is 0 Å². The molecular weight excluding hydrogens is 420 g/mol. The monoisotopic (exact) mass is 452 g/mol. The van der Waals surface area contributed by atoms with E-state index in [1.165, 1.54) is 4.90 Å². The summed E-state index contributed by atoms with van der Waals surface area (Å²) in [5.74, 6) is -0.675. The lowest BCUT2D eigenvalue weighted by molar-refractivity contribution is -0.146. The van der Waals surface area contributed by atoms with Crippen LogP contribution in [0.1, 0.15) is 37.8 Å². The topological polar surface area (TPSA) is 84.9 Å². The molecule has 7 nitrogen and oxygen atoms in total. The molecule has 33 heavy (non-hydrogen) atoms. The van der Waals surface area contributed by atoms with Crippen molar-refractivity contribution in [2.24, 2.45) is 0 Å². The van der Waals surface area contributed by atoms with E-state index in [1.54, 1.807) is 13.8 Å². The van der Waals surface area contributed by atoms with E-state index >= 15 is 0 Å². The first-order valence-corrected chi connectivity index (χ1v) is 11.5. The number of carbonyl (C=O) groups excluding carboxylic acids is 3. The molecule has 7 heteroatoms. The number of aldehydes is 1. The third-order valence-electron chi connectivity index (χ3n) is 5.74. The highest BCUT2D eigenvalue weighted by molar-refractivity contribution is 6.01. The number of rotatable bonds is 11. The quantitative estimate of drug-likeness (QED) is 0.417. The molecule has 1 amide bonds. The molecule has 2 aromatic rings. The molecule has 0 aromatic heterocycles. The van der Waals surface area contributed by atoms with Crippen LogP contribution in [0.15, 0.2) is 54.6 Å². The molecule has 1 aliphatic heterocycles. The van der Waals surface area contributed by atoms with Gasteiger partial charge in [0.05, 0.1) is 12.6 Å². The minimum atomic E-state index is -1.03. The second-order valence-electron chi connectivity index (χ2n) is 7.91. The average molecular weight is 453 g/mol. The Morgan fingerprint density at radius 3 is 2.55 bits per heavy atom. The van der Waals surface area contributed by atoms with E-state index in [4.69, 9.17) is 9.47 Å². The SMILES string of the molecule is CCOC(=O)C(CCc1ccccc1)NC1CCc2ccccc2N(C(C=O)OCC)C1=O. The first-order valence-electron chi connectivity index (χ1n) is 11.5. The van der Waals surface area contributed by atoms with E-state index in [-0.39, 0.29) is 25.1 Å². The summed E-state index contributed by atoms with van der Waals surface area (Å²) in [5, 5.41) is 3.25. The van der Waals surface area contributed by atoms with E-state index in [9.17, 15) is 14.4 Å². The third kappa shape index (κ3) is 6.27. The van der Waals surface area contributed by atoms with Crippen LogP contribution in [-0.2, 0) is 36.7 Å². The highest BCUT2D eigenvalue weighted by Crippen LogP contribution is 2.29. The minimum Gasteiger partial charge on any atom is -0.465 e. The van der Waals surface area contributed by atoms with Crippen molar-refractivity contribution < 1.29 is 23.9 Å². The van der Waals surface area contributed by atoms with Crippen LogP contribution < -0.4 is 10.2 Å². The molecule has 3 unspecified atom stereocenters. The van der Waals surface area contributed by atoms with E-state index < -0.39 is 18.3 Å². The summed E-state index contributed by atoms with van der Waals surface area (Å²) in [6.07, 6.45) is 1.88. The molecule has 1 heterocycles. The number of amides is 1. The molecule has 176 valence electrons. The van der Waals surface area contributed by atoms with Crippen LogP contribution in [0.3, 0.4) is 0 Å². The molecule has 1 N–H and O–H groups in total. The molecule has 3 atom stereocenters. The van der Waals surface area contributed by atoms with E-state index in [1.807, 2.05) is 54.6 Å². The molecule has 0 saturated carbocycles. The Morgan fingerprint density at radius 2 is 1.85 bits per heavy atom. The summed E-state index contributed by atoms with van der Waals surface area (Å²) in [6.45, 7) is 4.09. The number of nitrogens with zero attached hydrogens (tertiary/aromatic N) is 1. The lowest BCUT2D eigenvalue weighted by Gasteiger charge is -2.31. The Kier molecular flexibility index (Phi) is 9.15. The van der Waals surface area contributed by atoms with Gasteiger partial charge in [-0.2, -0.15) is 0 Å². The van der Waals surface area contributed by atoms with Gasteiger partial charge < -0.3 is 9.47 Å². The van der Waals surface area contributed by atoms with Gasteiger partial charge in [0.2, 0.25) is 5.91 Å². The standard InChI is InChI=1S/C26H32N2O5/c1-3-32-24(18-29)28-23-13-9-8-12-20(23)15-17-21(25(28)30)27-22(26(31)33-4-2)16-14-19-10-6-5-7-11-19/h5-13,18,21-22,24,27H,3-4,14-17H2,1-2H3. The van der Waals surface area contributed by atoms with Crippen molar-refractivity contribution in [3.8, 4) is 0 Å². The van der Waals surface area contributed by atoms with Gasteiger partial charge in [0.1, 0.15) is 6.04 Å². The van der Waals surface area contributed by atoms with Crippen LogP contribution in [0.25, 0.3) is 0 Å². The largest absolute Gasteiger partial charge is 0.465 e. The molecule has 0 spiro atoms. The number of benzene rings is 2. The second-order valence-corrected chi connectivity index (χ2v) is 7.91. The third-order valence-corrected chi connectivity index (χ3v) is 5.74. The van der Waals surface area contributed by atoms with Gasteiger partial charge in [0, 0.05) is 12.3 Å². The summed E-state index contributed by atoms with van der Waals surface area (Å²) in [6, 6.07) is 16.1. The molecule has 0 bridgehead atoms. The number of nitrogens with one attached hydrogen (secondary N) is 1. The van der Waals surface area contributed by atoms with Gasteiger partial charge >= 0.3 is 5.97 Å². The number of ether oxygens (including phenoxy) is 2. The van der Waals surface area contributed by atoms with Crippen molar-refractivity contribution in [2.75, 3.05) is 18.1 Å². The molecule has 0 fully saturated rings. The Bertz CT molecular complexity index is 933. The predicted octanol–water partition coefficient (Wildman–Crippen LogP) is 3.05. The summed E-state index contributed by atoms with van der Waals surface area (Å²) >= 11 is 0. The summed E-state index contributed by atoms with van der Waals surface area (Å²) in [4.78, 5) is 39.6. The number of esters is 1. The van der Waals surface area contributed by atoms with E-state index in [2.05, 4.69) is 5.32 Å². The van der Waals surface area contributed by atoms with Crippen molar-refractivity contribution in [1.82, 2.24) is 5.32 Å². The van der Waals surface area contributed by atoms with Crippen LogP contribution in [0.2, 0.25) is 0 Å². The maximum absolute atomic E-state index is 13.6. The highest BCUT2D eigenvalue weighted by atomic mass is 16.5. The van der Waals surface area contributed by atoms with Gasteiger partial charge in [-0.05, 0) is 56.7 Å². The molecule has 0 radical (unpaired) electrons. The molecule has 1 aliphatic rings. The smallest absolute Gasteiger partial charge is 0.323 e. The Labute approximate surface area is 195 Å². The maximum Gasteiger partial charge on any atom is 0.323 e. The average Bonchev–Trinajstić information content (AvgIpc) is 2.97. The van der Waals surface area contributed by atoms with Crippen molar-refractivity contribution >= 4 is 23.9 Å². The van der Waals surface area contributed by atoms with E-state index in [0.29, 0.717) is 37.7 Å². The summed E-state index contributed by atoms with van der Waals surface area (Å²) in [7, 11) is 0. The first-order chi connectivity index (χ1) is 16.1. The fraction of sp³-hybridized carbons (Fsp3) is 0.423. The molecule has 3 rings (SSSR count). The Morgan fingerprint density at radius 1 is 1.12 bits per heavy atom. The number of fused-ring (bicyclic) bond motifs is 1. The number of aryl methyl sites for hydroxylation is 2. The fourth-order valence-corrected chi connectivity index (χ4v) is 4.14. The van der Waals surface area contributed by atoms with Crippen LogP contribution >= 0.6 is 0 Å². The summed E-state index contributed by atoms with van der Waals surface area (Å²) in [5.41, 5.74) is 2.72. The number of hydrogen-bond donors (Lipinski definition) is 1. The van der Waals surface area contributed by atoms with Gasteiger partial charge in [-0.15, -0.1) is 0 Å². The van der Waals surface area contributed by atoms with Gasteiger partial charge in [0.25, 0.3) is 0 Å². The van der Waals surface area contributed by atoms with Gasteiger partial charge in [0.15, 0.2) is 12.5 Å². The second kappa shape index (κ2) is 12.3. The van der Waals surface area contributed by atoms with Crippen LogP contribution in [0.5, 0.6) is 0 Å².